The van der Waals surface area contributed by atoms with Crippen LogP contribution in [-0.4, -0.2) is 32.3 Å². The minimum Gasteiger partial charge on any atom is -0.377 e. The Balaban J connectivity index is 1.83. The number of thiophene rings is 1. The van der Waals surface area contributed by atoms with Crippen LogP contribution in [0, 0.1) is 11.3 Å². The fraction of sp³-hybridized carbons (Fsp3) is 0.706. The first-order valence-corrected chi connectivity index (χ1v) is 9.02. The highest BCUT2D eigenvalue weighted by Crippen LogP contribution is 2.33. The van der Waals surface area contributed by atoms with Crippen LogP contribution in [0.15, 0.2) is 21.8 Å². The molecule has 2 unspecified atom stereocenters. The smallest absolute Gasteiger partial charge is 0.191 e. The Morgan fingerprint density at radius 2 is 2.23 bits per heavy atom. The van der Waals surface area contributed by atoms with Gasteiger partial charge in [0, 0.05) is 32.7 Å². The Hall–Kier alpha value is -1.07. The van der Waals surface area contributed by atoms with Crippen molar-refractivity contribution in [1.29, 1.82) is 0 Å². The lowest BCUT2D eigenvalue weighted by molar-refractivity contribution is -0.0835. The maximum absolute atomic E-state index is 6.04. The zero-order valence-electron chi connectivity index (χ0n) is 14.2. The molecule has 1 saturated heterocycles. The second-order valence-corrected chi connectivity index (χ2v) is 7.78. The first kappa shape index (κ1) is 17.3. The maximum Gasteiger partial charge on any atom is 0.191 e. The van der Waals surface area contributed by atoms with E-state index in [1.807, 2.05) is 7.05 Å². The molecule has 2 N–H and O–H groups in total. The van der Waals surface area contributed by atoms with Gasteiger partial charge >= 0.3 is 0 Å². The second-order valence-electron chi connectivity index (χ2n) is 7.00. The number of hydrogen-bond donors (Lipinski definition) is 2. The van der Waals surface area contributed by atoms with Crippen LogP contribution >= 0.6 is 11.3 Å². The molecule has 2 heterocycles. The highest BCUT2D eigenvalue weighted by molar-refractivity contribution is 7.07. The van der Waals surface area contributed by atoms with Crippen LogP contribution in [0.1, 0.15) is 39.2 Å². The number of nitrogens with zero attached hydrogens (tertiary/aromatic N) is 1. The van der Waals surface area contributed by atoms with Gasteiger partial charge < -0.3 is 15.4 Å². The van der Waals surface area contributed by atoms with Crippen molar-refractivity contribution >= 4 is 17.3 Å². The Morgan fingerprint density at radius 1 is 1.41 bits per heavy atom. The van der Waals surface area contributed by atoms with Gasteiger partial charge in [0.05, 0.1) is 6.10 Å². The zero-order valence-corrected chi connectivity index (χ0v) is 15.0. The fourth-order valence-electron chi connectivity index (χ4n) is 3.04. The van der Waals surface area contributed by atoms with E-state index in [1.165, 1.54) is 12.0 Å². The number of rotatable bonds is 4. The van der Waals surface area contributed by atoms with E-state index in [2.05, 4.69) is 53.2 Å². The van der Waals surface area contributed by atoms with Gasteiger partial charge in [-0.15, -0.1) is 0 Å². The number of guanidine groups is 1. The molecule has 0 aromatic carbocycles. The third-order valence-corrected chi connectivity index (χ3v) is 4.83. The number of nitrogens with one attached hydrogen (secondary N) is 2. The van der Waals surface area contributed by atoms with E-state index in [0.29, 0.717) is 12.0 Å². The van der Waals surface area contributed by atoms with Crippen molar-refractivity contribution in [2.45, 2.75) is 46.3 Å². The van der Waals surface area contributed by atoms with E-state index in [-0.39, 0.29) is 5.41 Å². The number of ether oxygens (including phenoxy) is 1. The van der Waals surface area contributed by atoms with Crippen molar-refractivity contribution in [3.05, 3.63) is 22.4 Å². The summed E-state index contributed by atoms with van der Waals surface area (Å²) < 4.78 is 6.04. The molecule has 0 radical (unpaired) electrons. The average Bonchev–Trinajstić information content (AvgIpc) is 3.00. The number of aliphatic imine (C=N–C) groups is 1. The summed E-state index contributed by atoms with van der Waals surface area (Å²) in [6.45, 7) is 9.40. The van der Waals surface area contributed by atoms with Crippen molar-refractivity contribution in [1.82, 2.24) is 10.6 Å². The highest BCUT2D eigenvalue weighted by atomic mass is 32.1. The van der Waals surface area contributed by atoms with Crippen LogP contribution in [0.2, 0.25) is 0 Å². The van der Waals surface area contributed by atoms with Crippen molar-refractivity contribution in [2.75, 3.05) is 20.2 Å². The van der Waals surface area contributed by atoms with Gasteiger partial charge in [0.1, 0.15) is 0 Å². The molecule has 22 heavy (non-hydrogen) atoms. The van der Waals surface area contributed by atoms with Crippen molar-refractivity contribution in [3.63, 3.8) is 0 Å². The predicted octanol–water partition coefficient (Wildman–Crippen LogP) is 3.25. The van der Waals surface area contributed by atoms with Crippen LogP contribution in [-0.2, 0) is 11.3 Å². The minimum atomic E-state index is 0.181. The SMILES string of the molecule is CN=C(NCc1ccsc1)NCC1CCCOC1C(C)(C)C. The van der Waals surface area contributed by atoms with Crippen molar-refractivity contribution in [3.8, 4) is 0 Å². The van der Waals surface area contributed by atoms with E-state index in [0.717, 1.165) is 32.1 Å². The topological polar surface area (TPSA) is 45.7 Å². The lowest BCUT2D eigenvalue weighted by Crippen LogP contribution is -2.47. The summed E-state index contributed by atoms with van der Waals surface area (Å²) in [6, 6.07) is 2.13. The Labute approximate surface area is 138 Å². The van der Waals surface area contributed by atoms with E-state index in [1.54, 1.807) is 11.3 Å². The van der Waals surface area contributed by atoms with Crippen molar-refractivity contribution < 1.29 is 4.74 Å². The van der Waals surface area contributed by atoms with Gasteiger partial charge in [0.15, 0.2) is 5.96 Å². The summed E-state index contributed by atoms with van der Waals surface area (Å²) in [5, 5.41) is 11.1. The lowest BCUT2D eigenvalue weighted by atomic mass is 9.78. The minimum absolute atomic E-state index is 0.181. The van der Waals surface area contributed by atoms with E-state index < -0.39 is 0 Å². The Bertz CT molecular complexity index is 465. The third kappa shape index (κ3) is 4.99. The molecule has 0 aliphatic carbocycles. The summed E-state index contributed by atoms with van der Waals surface area (Å²) in [4.78, 5) is 4.32. The van der Waals surface area contributed by atoms with Crippen LogP contribution in [0.4, 0.5) is 0 Å². The highest BCUT2D eigenvalue weighted by Gasteiger charge is 2.35. The molecular weight excluding hydrogens is 294 g/mol. The van der Waals surface area contributed by atoms with Gasteiger partial charge in [-0.3, -0.25) is 4.99 Å². The van der Waals surface area contributed by atoms with Crippen molar-refractivity contribution in [2.24, 2.45) is 16.3 Å². The summed E-state index contributed by atoms with van der Waals surface area (Å²) in [5.74, 6) is 1.40. The summed E-state index contributed by atoms with van der Waals surface area (Å²) in [5.41, 5.74) is 1.47. The quantitative estimate of drug-likeness (QED) is 0.660. The molecule has 1 aromatic heterocycles. The molecule has 0 spiro atoms. The van der Waals surface area contributed by atoms with Crippen LogP contribution in [0.25, 0.3) is 0 Å². The van der Waals surface area contributed by atoms with E-state index in [9.17, 15) is 0 Å². The monoisotopic (exact) mass is 323 g/mol. The summed E-state index contributed by atoms with van der Waals surface area (Å²) in [7, 11) is 1.82. The molecule has 1 fully saturated rings. The second kappa shape index (κ2) is 7.97. The van der Waals surface area contributed by atoms with Crippen LogP contribution in [0.3, 0.4) is 0 Å². The molecule has 4 nitrogen and oxygen atoms in total. The molecule has 1 aliphatic heterocycles. The van der Waals surface area contributed by atoms with Gasteiger partial charge in [0.25, 0.3) is 0 Å². The molecule has 1 aliphatic rings. The van der Waals surface area contributed by atoms with Gasteiger partial charge in [0.2, 0.25) is 0 Å². The zero-order chi connectivity index (χ0) is 16.0. The Morgan fingerprint density at radius 3 is 2.86 bits per heavy atom. The van der Waals surface area contributed by atoms with Gasteiger partial charge in [-0.2, -0.15) is 11.3 Å². The van der Waals surface area contributed by atoms with Crippen LogP contribution in [0.5, 0.6) is 0 Å². The molecular formula is C17H29N3OS. The van der Waals surface area contributed by atoms with Crippen LogP contribution < -0.4 is 10.6 Å². The van der Waals surface area contributed by atoms with E-state index in [4.69, 9.17) is 4.74 Å². The molecule has 5 heteroatoms. The lowest BCUT2D eigenvalue weighted by Gasteiger charge is -2.40. The van der Waals surface area contributed by atoms with E-state index >= 15 is 0 Å². The normalized spacial score (nSPS) is 23.4. The summed E-state index contributed by atoms with van der Waals surface area (Å²) in [6.07, 6.45) is 2.68. The van der Waals surface area contributed by atoms with Gasteiger partial charge in [-0.25, -0.2) is 0 Å². The predicted molar refractivity (Wildman–Crippen MR) is 94.4 cm³/mol. The molecule has 124 valence electrons. The molecule has 2 atom stereocenters. The fourth-order valence-corrected chi connectivity index (χ4v) is 3.71. The Kier molecular flexibility index (Phi) is 6.26. The molecule has 1 aromatic rings. The largest absolute Gasteiger partial charge is 0.377 e. The average molecular weight is 324 g/mol. The first-order chi connectivity index (χ1) is 10.5. The standard InChI is InChI=1S/C17H29N3OS/c1-17(2,3)15-14(6-5-8-21-15)11-20-16(18-4)19-10-13-7-9-22-12-13/h7,9,12,14-15H,5-6,8,10-11H2,1-4H3,(H2,18,19,20). The third-order valence-electron chi connectivity index (χ3n) is 4.09. The molecule has 0 saturated carbocycles. The van der Waals surface area contributed by atoms with Gasteiger partial charge in [-0.1, -0.05) is 20.8 Å². The molecule has 0 amide bonds. The first-order valence-electron chi connectivity index (χ1n) is 8.08. The van der Waals surface area contributed by atoms with Gasteiger partial charge in [-0.05, 0) is 40.6 Å². The summed E-state index contributed by atoms with van der Waals surface area (Å²) >= 11 is 1.72. The maximum atomic E-state index is 6.04. The molecule has 0 bridgehead atoms. The molecule has 2 rings (SSSR count). The number of hydrogen-bond acceptors (Lipinski definition) is 3.